The first-order valence-corrected chi connectivity index (χ1v) is 6.73. The number of esters is 1. The minimum absolute atomic E-state index is 0.162. The summed E-state index contributed by atoms with van der Waals surface area (Å²) < 4.78 is 10.1. The predicted molar refractivity (Wildman–Crippen MR) is 72.7 cm³/mol. The molecule has 0 saturated heterocycles. The van der Waals surface area contributed by atoms with E-state index in [9.17, 15) is 4.79 Å². The largest absolute Gasteiger partial charge is 0.465 e. The van der Waals surface area contributed by atoms with E-state index in [0.29, 0.717) is 13.2 Å². The number of nitrogens with one attached hydrogen (secondary N) is 1. The number of nitrogens with zero attached hydrogens (tertiary/aromatic N) is 1. The lowest BCUT2D eigenvalue weighted by Crippen LogP contribution is -2.46. The van der Waals surface area contributed by atoms with Gasteiger partial charge in [-0.25, -0.2) is 0 Å². The Bertz CT molecular complexity index is 212. The number of rotatable bonds is 11. The molecule has 0 aromatic carbocycles. The molecule has 5 nitrogen and oxygen atoms in total. The van der Waals surface area contributed by atoms with E-state index in [2.05, 4.69) is 17.1 Å². The highest BCUT2D eigenvalue weighted by Crippen LogP contribution is 1.96. The topological polar surface area (TPSA) is 50.8 Å². The summed E-state index contributed by atoms with van der Waals surface area (Å²) in [6.45, 7) is 7.50. The SMILES string of the molecule is CCCNC(CN(C)CCCOC)C(=O)OCC. The average molecular weight is 260 g/mol. The Balaban J connectivity index is 4.08. The van der Waals surface area contributed by atoms with Crippen molar-refractivity contribution in [2.24, 2.45) is 0 Å². The van der Waals surface area contributed by atoms with Crippen LogP contribution in [0, 0.1) is 0 Å². The van der Waals surface area contributed by atoms with Gasteiger partial charge >= 0.3 is 5.97 Å². The highest BCUT2D eigenvalue weighted by Gasteiger charge is 2.20. The first-order valence-electron chi connectivity index (χ1n) is 6.73. The molecule has 0 aliphatic carbocycles. The van der Waals surface area contributed by atoms with Crippen LogP contribution in [0.15, 0.2) is 0 Å². The fraction of sp³-hybridized carbons (Fsp3) is 0.923. The van der Waals surface area contributed by atoms with E-state index in [4.69, 9.17) is 9.47 Å². The maximum atomic E-state index is 11.8. The first-order chi connectivity index (χ1) is 8.65. The summed E-state index contributed by atoms with van der Waals surface area (Å²) in [5, 5.41) is 3.23. The van der Waals surface area contributed by atoms with Crippen molar-refractivity contribution >= 4 is 5.97 Å². The van der Waals surface area contributed by atoms with E-state index in [-0.39, 0.29) is 12.0 Å². The number of carbonyl (C=O) groups excluding carboxylic acids is 1. The summed E-state index contributed by atoms with van der Waals surface area (Å²) in [5.41, 5.74) is 0. The number of hydrogen-bond acceptors (Lipinski definition) is 5. The van der Waals surface area contributed by atoms with Crippen LogP contribution in [-0.2, 0) is 14.3 Å². The molecule has 0 aromatic heterocycles. The molecule has 1 N–H and O–H groups in total. The van der Waals surface area contributed by atoms with Crippen molar-refractivity contribution in [2.45, 2.75) is 32.7 Å². The van der Waals surface area contributed by atoms with Crippen molar-refractivity contribution in [3.05, 3.63) is 0 Å². The molecule has 0 radical (unpaired) electrons. The summed E-state index contributed by atoms with van der Waals surface area (Å²) >= 11 is 0. The van der Waals surface area contributed by atoms with Crippen LogP contribution in [0.4, 0.5) is 0 Å². The Morgan fingerprint density at radius 3 is 2.67 bits per heavy atom. The third-order valence-corrected chi connectivity index (χ3v) is 2.59. The van der Waals surface area contributed by atoms with Gasteiger partial charge < -0.3 is 19.7 Å². The fourth-order valence-corrected chi connectivity index (χ4v) is 1.67. The Labute approximate surface area is 111 Å². The monoisotopic (exact) mass is 260 g/mol. The number of ether oxygens (including phenoxy) is 2. The van der Waals surface area contributed by atoms with Crippen LogP contribution in [0.1, 0.15) is 26.7 Å². The van der Waals surface area contributed by atoms with E-state index < -0.39 is 0 Å². The fourth-order valence-electron chi connectivity index (χ4n) is 1.67. The summed E-state index contributed by atoms with van der Waals surface area (Å²) in [7, 11) is 3.71. The number of likely N-dealkylation sites (N-methyl/N-ethyl adjacent to an activating group) is 1. The second-order valence-corrected chi connectivity index (χ2v) is 4.37. The van der Waals surface area contributed by atoms with Crippen LogP contribution in [0.3, 0.4) is 0 Å². The lowest BCUT2D eigenvalue weighted by Gasteiger charge is -2.23. The molecule has 0 rings (SSSR count). The van der Waals surface area contributed by atoms with Crippen molar-refractivity contribution in [1.82, 2.24) is 10.2 Å². The van der Waals surface area contributed by atoms with Gasteiger partial charge in [-0.1, -0.05) is 6.92 Å². The lowest BCUT2D eigenvalue weighted by molar-refractivity contribution is -0.146. The van der Waals surface area contributed by atoms with Crippen LogP contribution < -0.4 is 5.32 Å². The molecular formula is C13H28N2O3. The smallest absolute Gasteiger partial charge is 0.324 e. The standard InChI is InChI=1S/C13H28N2O3/c1-5-8-14-12(13(16)18-6-2)11-15(3)9-7-10-17-4/h12,14H,5-11H2,1-4H3. The van der Waals surface area contributed by atoms with Crippen molar-refractivity contribution in [2.75, 3.05) is 47.0 Å². The van der Waals surface area contributed by atoms with Crippen LogP contribution in [0.5, 0.6) is 0 Å². The molecule has 0 amide bonds. The van der Waals surface area contributed by atoms with E-state index >= 15 is 0 Å². The van der Waals surface area contributed by atoms with Gasteiger partial charge in [-0.3, -0.25) is 4.79 Å². The zero-order valence-electron chi connectivity index (χ0n) is 12.2. The van der Waals surface area contributed by atoms with Crippen LogP contribution >= 0.6 is 0 Å². The third-order valence-electron chi connectivity index (χ3n) is 2.59. The van der Waals surface area contributed by atoms with Gasteiger partial charge in [0, 0.05) is 26.8 Å². The molecule has 0 aromatic rings. The van der Waals surface area contributed by atoms with E-state index in [1.807, 2.05) is 14.0 Å². The first kappa shape index (κ1) is 17.4. The van der Waals surface area contributed by atoms with Gasteiger partial charge in [-0.15, -0.1) is 0 Å². The zero-order chi connectivity index (χ0) is 13.8. The van der Waals surface area contributed by atoms with Crippen molar-refractivity contribution in [1.29, 1.82) is 0 Å². The van der Waals surface area contributed by atoms with Gasteiger partial charge in [-0.05, 0) is 33.4 Å². The normalized spacial score (nSPS) is 12.7. The van der Waals surface area contributed by atoms with Crippen molar-refractivity contribution in [3.63, 3.8) is 0 Å². The van der Waals surface area contributed by atoms with Gasteiger partial charge in [0.25, 0.3) is 0 Å². The quantitative estimate of drug-likeness (QED) is 0.441. The van der Waals surface area contributed by atoms with Crippen LogP contribution in [0.25, 0.3) is 0 Å². The average Bonchev–Trinajstić information content (AvgIpc) is 2.35. The summed E-state index contributed by atoms with van der Waals surface area (Å²) in [6, 6.07) is -0.238. The molecule has 0 aliphatic rings. The highest BCUT2D eigenvalue weighted by atomic mass is 16.5. The lowest BCUT2D eigenvalue weighted by atomic mass is 10.2. The van der Waals surface area contributed by atoms with Gasteiger partial charge in [0.2, 0.25) is 0 Å². The van der Waals surface area contributed by atoms with Crippen LogP contribution in [-0.4, -0.2) is 63.9 Å². The minimum Gasteiger partial charge on any atom is -0.465 e. The Morgan fingerprint density at radius 2 is 2.11 bits per heavy atom. The Kier molecular flexibility index (Phi) is 11.0. The molecule has 0 spiro atoms. The predicted octanol–water partition coefficient (Wildman–Crippen LogP) is 0.886. The molecule has 0 saturated carbocycles. The highest BCUT2D eigenvalue weighted by molar-refractivity contribution is 5.76. The Morgan fingerprint density at radius 1 is 1.39 bits per heavy atom. The molecule has 0 aliphatic heterocycles. The molecule has 0 heterocycles. The van der Waals surface area contributed by atoms with Gasteiger partial charge in [0.1, 0.15) is 6.04 Å². The summed E-state index contributed by atoms with van der Waals surface area (Å²) in [5.74, 6) is -0.162. The second-order valence-electron chi connectivity index (χ2n) is 4.37. The molecule has 0 fully saturated rings. The zero-order valence-corrected chi connectivity index (χ0v) is 12.2. The molecule has 1 atom stereocenters. The van der Waals surface area contributed by atoms with Crippen LogP contribution in [0.2, 0.25) is 0 Å². The molecule has 5 heteroatoms. The second kappa shape index (κ2) is 11.4. The Hall–Kier alpha value is -0.650. The summed E-state index contributed by atoms with van der Waals surface area (Å²) in [6.07, 6.45) is 1.97. The van der Waals surface area contributed by atoms with E-state index in [1.165, 1.54) is 0 Å². The van der Waals surface area contributed by atoms with Crippen molar-refractivity contribution < 1.29 is 14.3 Å². The summed E-state index contributed by atoms with van der Waals surface area (Å²) in [4.78, 5) is 13.9. The van der Waals surface area contributed by atoms with Gasteiger partial charge in [-0.2, -0.15) is 0 Å². The molecule has 1 unspecified atom stereocenters. The minimum atomic E-state index is -0.238. The van der Waals surface area contributed by atoms with Gasteiger partial charge in [0.15, 0.2) is 0 Å². The van der Waals surface area contributed by atoms with Crippen molar-refractivity contribution in [3.8, 4) is 0 Å². The number of methoxy groups -OCH3 is 1. The number of carbonyl (C=O) groups is 1. The maximum absolute atomic E-state index is 11.8. The maximum Gasteiger partial charge on any atom is 0.324 e. The molecule has 108 valence electrons. The molecule has 18 heavy (non-hydrogen) atoms. The number of hydrogen-bond donors (Lipinski definition) is 1. The van der Waals surface area contributed by atoms with E-state index in [0.717, 1.165) is 32.5 Å². The molecular weight excluding hydrogens is 232 g/mol. The van der Waals surface area contributed by atoms with Gasteiger partial charge in [0.05, 0.1) is 6.61 Å². The third kappa shape index (κ3) is 8.44. The molecule has 0 bridgehead atoms. The van der Waals surface area contributed by atoms with E-state index in [1.54, 1.807) is 7.11 Å².